The Morgan fingerprint density at radius 1 is 1.00 bits per heavy atom. The number of hydrogen-bond acceptors (Lipinski definition) is 5. The number of hydrogen-bond donors (Lipinski definition) is 1. The summed E-state index contributed by atoms with van der Waals surface area (Å²) in [5.41, 5.74) is 7.45. The fourth-order valence-electron chi connectivity index (χ4n) is 2.91. The van der Waals surface area contributed by atoms with Crippen molar-refractivity contribution in [2.24, 2.45) is 5.73 Å². The number of sulfonamides is 1. The summed E-state index contributed by atoms with van der Waals surface area (Å²) in [6, 6.07) is 16.8. The van der Waals surface area contributed by atoms with Crippen LogP contribution in [0.3, 0.4) is 0 Å². The Labute approximate surface area is 171 Å². The van der Waals surface area contributed by atoms with Gasteiger partial charge in [0.25, 0.3) is 0 Å². The minimum atomic E-state index is -3.68. The molecule has 0 aliphatic heterocycles. The van der Waals surface area contributed by atoms with Gasteiger partial charge in [0.1, 0.15) is 12.7 Å². The maximum atomic E-state index is 13.3. The molecular formula is C19H24ClN5O2S. The minimum Gasteiger partial charge on any atom is -0.329 e. The highest BCUT2D eigenvalue weighted by molar-refractivity contribution is 7.89. The third-order valence-electron chi connectivity index (χ3n) is 4.26. The quantitative estimate of drug-likeness (QED) is 0.569. The molecule has 3 rings (SSSR count). The number of nitrogens with zero attached hydrogens (tertiary/aromatic N) is 4. The molecule has 1 aromatic heterocycles. The van der Waals surface area contributed by atoms with E-state index < -0.39 is 10.0 Å². The lowest BCUT2D eigenvalue weighted by molar-refractivity contribution is 0.421. The van der Waals surface area contributed by atoms with Gasteiger partial charge in [-0.1, -0.05) is 48.5 Å². The molecule has 0 spiro atoms. The SMILES string of the molecule is Cl.NCCN(CCc1ccccc1)S(=O)(=O)c1ccccc1Cn1cncn1. The number of nitrogens with two attached hydrogens (primary N) is 1. The predicted molar refractivity (Wildman–Crippen MR) is 111 cm³/mol. The van der Waals surface area contributed by atoms with Crippen LogP contribution in [-0.2, 0) is 23.0 Å². The fraction of sp³-hybridized carbons (Fsp3) is 0.263. The van der Waals surface area contributed by atoms with E-state index in [1.165, 1.54) is 10.6 Å². The van der Waals surface area contributed by atoms with Crippen LogP contribution in [-0.4, -0.2) is 47.1 Å². The van der Waals surface area contributed by atoms with Gasteiger partial charge in [0.2, 0.25) is 10.0 Å². The molecule has 0 fully saturated rings. The molecule has 2 aromatic carbocycles. The van der Waals surface area contributed by atoms with Crippen LogP contribution in [0.1, 0.15) is 11.1 Å². The largest absolute Gasteiger partial charge is 0.329 e. The van der Waals surface area contributed by atoms with Crippen molar-refractivity contribution in [2.75, 3.05) is 19.6 Å². The Morgan fingerprint density at radius 3 is 2.39 bits per heavy atom. The first kappa shape index (κ1) is 22.0. The maximum absolute atomic E-state index is 13.3. The van der Waals surface area contributed by atoms with Crippen LogP contribution in [0.15, 0.2) is 72.1 Å². The van der Waals surface area contributed by atoms with Crippen molar-refractivity contribution in [3.05, 3.63) is 78.4 Å². The summed E-state index contributed by atoms with van der Waals surface area (Å²) in [6.07, 6.45) is 3.62. The Hall–Kier alpha value is -2.26. The van der Waals surface area contributed by atoms with Gasteiger partial charge < -0.3 is 5.73 Å². The molecule has 2 N–H and O–H groups in total. The molecule has 0 atom stereocenters. The first-order valence-corrected chi connectivity index (χ1v) is 10.2. The van der Waals surface area contributed by atoms with Crippen molar-refractivity contribution in [2.45, 2.75) is 17.9 Å². The van der Waals surface area contributed by atoms with Crippen LogP contribution in [0.2, 0.25) is 0 Å². The molecule has 0 amide bonds. The number of halogens is 1. The number of rotatable bonds is 9. The van der Waals surface area contributed by atoms with Gasteiger partial charge in [0.15, 0.2) is 0 Å². The normalized spacial score (nSPS) is 11.4. The second-order valence-electron chi connectivity index (χ2n) is 6.13. The third-order valence-corrected chi connectivity index (χ3v) is 6.26. The molecule has 3 aromatic rings. The molecular weight excluding hydrogens is 398 g/mol. The van der Waals surface area contributed by atoms with Crippen molar-refractivity contribution in [1.82, 2.24) is 19.1 Å². The summed E-state index contributed by atoms with van der Waals surface area (Å²) in [6.45, 7) is 1.25. The van der Waals surface area contributed by atoms with E-state index in [1.807, 2.05) is 36.4 Å². The summed E-state index contributed by atoms with van der Waals surface area (Å²) in [7, 11) is -3.68. The molecule has 0 aliphatic rings. The van der Waals surface area contributed by atoms with Crippen molar-refractivity contribution >= 4 is 22.4 Å². The second kappa shape index (κ2) is 10.3. The molecule has 0 saturated carbocycles. The van der Waals surface area contributed by atoms with Crippen molar-refractivity contribution in [1.29, 1.82) is 0 Å². The zero-order chi connectivity index (χ0) is 19.1. The highest BCUT2D eigenvalue weighted by Crippen LogP contribution is 2.21. The lowest BCUT2D eigenvalue weighted by Gasteiger charge is -2.23. The Balaban J connectivity index is 0.00000280. The van der Waals surface area contributed by atoms with E-state index in [-0.39, 0.29) is 30.4 Å². The lowest BCUT2D eigenvalue weighted by Crippen LogP contribution is -2.37. The Morgan fingerprint density at radius 2 is 1.71 bits per heavy atom. The molecule has 150 valence electrons. The molecule has 0 radical (unpaired) electrons. The van der Waals surface area contributed by atoms with E-state index in [1.54, 1.807) is 29.2 Å². The third kappa shape index (κ3) is 5.39. The van der Waals surface area contributed by atoms with Gasteiger partial charge in [-0.05, 0) is 23.6 Å². The van der Waals surface area contributed by atoms with Gasteiger partial charge in [-0.15, -0.1) is 12.4 Å². The summed E-state index contributed by atoms with van der Waals surface area (Å²) in [4.78, 5) is 4.19. The van der Waals surface area contributed by atoms with Gasteiger partial charge in [0.05, 0.1) is 11.4 Å². The van der Waals surface area contributed by atoms with Gasteiger partial charge >= 0.3 is 0 Å². The highest BCUT2D eigenvalue weighted by atomic mass is 35.5. The summed E-state index contributed by atoms with van der Waals surface area (Å²) in [5.74, 6) is 0. The molecule has 0 unspecified atom stereocenters. The van der Waals surface area contributed by atoms with E-state index >= 15 is 0 Å². The highest BCUT2D eigenvalue weighted by Gasteiger charge is 2.26. The topological polar surface area (TPSA) is 94.1 Å². The van der Waals surface area contributed by atoms with E-state index in [2.05, 4.69) is 10.1 Å². The monoisotopic (exact) mass is 421 g/mol. The Bertz CT molecular complexity index is 949. The lowest BCUT2D eigenvalue weighted by atomic mass is 10.1. The molecule has 0 bridgehead atoms. The van der Waals surface area contributed by atoms with Crippen LogP contribution < -0.4 is 5.73 Å². The molecule has 0 aliphatic carbocycles. The zero-order valence-electron chi connectivity index (χ0n) is 15.4. The fourth-order valence-corrected chi connectivity index (χ4v) is 4.58. The van der Waals surface area contributed by atoms with Crippen LogP contribution >= 0.6 is 12.4 Å². The van der Waals surface area contributed by atoms with E-state index in [9.17, 15) is 8.42 Å². The zero-order valence-corrected chi connectivity index (χ0v) is 17.0. The number of aromatic nitrogens is 3. The van der Waals surface area contributed by atoms with Crippen molar-refractivity contribution in [3.8, 4) is 0 Å². The van der Waals surface area contributed by atoms with Crippen molar-refractivity contribution < 1.29 is 8.42 Å². The van der Waals surface area contributed by atoms with Gasteiger partial charge in [0, 0.05) is 19.6 Å². The molecule has 7 nitrogen and oxygen atoms in total. The van der Waals surface area contributed by atoms with E-state index in [0.29, 0.717) is 25.1 Å². The average Bonchev–Trinajstić information content (AvgIpc) is 3.19. The first-order valence-electron chi connectivity index (χ1n) is 8.75. The Kier molecular flexibility index (Phi) is 8.13. The summed E-state index contributed by atoms with van der Waals surface area (Å²) < 4.78 is 29.7. The van der Waals surface area contributed by atoms with Crippen LogP contribution in [0.5, 0.6) is 0 Å². The van der Waals surface area contributed by atoms with Crippen LogP contribution in [0.4, 0.5) is 0 Å². The smallest absolute Gasteiger partial charge is 0.243 e. The molecule has 28 heavy (non-hydrogen) atoms. The number of benzene rings is 2. The van der Waals surface area contributed by atoms with Crippen LogP contribution in [0.25, 0.3) is 0 Å². The predicted octanol–water partition coefficient (Wildman–Crippen LogP) is 1.94. The second-order valence-corrected chi connectivity index (χ2v) is 8.04. The first-order chi connectivity index (χ1) is 13.1. The van der Waals surface area contributed by atoms with E-state index in [4.69, 9.17) is 5.73 Å². The van der Waals surface area contributed by atoms with Gasteiger partial charge in [-0.3, -0.25) is 0 Å². The summed E-state index contributed by atoms with van der Waals surface area (Å²) >= 11 is 0. The minimum absolute atomic E-state index is 0. The average molecular weight is 422 g/mol. The van der Waals surface area contributed by atoms with Gasteiger partial charge in [-0.2, -0.15) is 9.40 Å². The van der Waals surface area contributed by atoms with E-state index in [0.717, 1.165) is 5.56 Å². The molecule has 0 saturated heterocycles. The van der Waals surface area contributed by atoms with Crippen molar-refractivity contribution in [3.63, 3.8) is 0 Å². The molecule has 9 heteroatoms. The standard InChI is InChI=1S/C19H23N5O2S.ClH/c20-11-13-24(12-10-17-6-2-1-3-7-17)27(25,26)19-9-5-4-8-18(19)14-23-16-21-15-22-23;/h1-9,15-16H,10-14,20H2;1H. The van der Waals surface area contributed by atoms with Gasteiger partial charge in [-0.25, -0.2) is 18.1 Å². The summed E-state index contributed by atoms with van der Waals surface area (Å²) in [5, 5.41) is 4.07. The molecule has 1 heterocycles. The maximum Gasteiger partial charge on any atom is 0.243 e. The van der Waals surface area contributed by atoms with Crippen LogP contribution in [0, 0.1) is 0 Å².